The van der Waals surface area contributed by atoms with Gasteiger partial charge in [-0.1, -0.05) is 24.3 Å². The van der Waals surface area contributed by atoms with Crippen molar-refractivity contribution in [2.45, 2.75) is 50.7 Å². The van der Waals surface area contributed by atoms with Crippen LogP contribution in [0.4, 0.5) is 10.1 Å². The summed E-state index contributed by atoms with van der Waals surface area (Å²) in [5.41, 5.74) is 8.40. The minimum Gasteiger partial charge on any atom is -0.379 e. The van der Waals surface area contributed by atoms with Crippen LogP contribution in [0.15, 0.2) is 42.5 Å². The van der Waals surface area contributed by atoms with Crippen LogP contribution in [0.2, 0.25) is 0 Å². The molecule has 2 fully saturated rings. The number of halogens is 4. The van der Waals surface area contributed by atoms with Crippen LogP contribution in [-0.2, 0) is 26.2 Å². The average molecular weight is 647 g/mol. The summed E-state index contributed by atoms with van der Waals surface area (Å²) in [4.78, 5) is 33.0. The fourth-order valence-electron chi connectivity index (χ4n) is 6.10. The molecule has 3 aliphatic rings. The van der Waals surface area contributed by atoms with Crippen LogP contribution >= 0.6 is 37.2 Å². The highest BCUT2D eigenvalue weighted by Gasteiger charge is 2.46. The van der Waals surface area contributed by atoms with Gasteiger partial charge in [0.05, 0.1) is 25.2 Å². The first-order chi connectivity index (χ1) is 18.6. The number of carbonyl (C=O) groups excluding carboxylic acids is 2. The zero-order chi connectivity index (χ0) is 27.7. The molecule has 0 aromatic heterocycles. The molecule has 1 unspecified atom stereocenters. The standard InChI is InChI=1S/C30H40FN5O3.3ClH/c1-20-15-35(25(14-33-20)16-34-10-11-39-18-21(34)2)17-28(37)36-19-30(3,29(32)38)26-9-6-23(13-27(26)36)12-22-4-7-24(31)8-5-22;;;/h4-9,13,20-21,25,33H,10-12,14-19H2,1-3H3,(H2,32,38);3*1H/t20-,21-,25-,30?;;;/m1.../s1. The monoisotopic (exact) mass is 645 g/mol. The minimum atomic E-state index is -0.960. The van der Waals surface area contributed by atoms with Gasteiger partial charge < -0.3 is 20.7 Å². The smallest absolute Gasteiger partial charge is 0.241 e. The van der Waals surface area contributed by atoms with Crippen molar-refractivity contribution in [1.29, 1.82) is 0 Å². The normalized spacial score (nSPS) is 25.9. The van der Waals surface area contributed by atoms with Crippen molar-refractivity contribution in [2.75, 3.05) is 57.4 Å². The van der Waals surface area contributed by atoms with E-state index in [4.69, 9.17) is 10.5 Å². The van der Waals surface area contributed by atoms with Crippen molar-refractivity contribution >= 4 is 54.7 Å². The zero-order valence-corrected chi connectivity index (χ0v) is 26.8. The number of nitrogens with two attached hydrogens (primary N) is 1. The van der Waals surface area contributed by atoms with Gasteiger partial charge in [-0.25, -0.2) is 4.39 Å². The number of amides is 2. The first-order valence-electron chi connectivity index (χ1n) is 13.9. The Hall–Kier alpha value is -1.98. The lowest BCUT2D eigenvalue weighted by Crippen LogP contribution is -2.62. The molecule has 4 atom stereocenters. The molecule has 0 bridgehead atoms. The molecule has 3 heterocycles. The zero-order valence-electron chi connectivity index (χ0n) is 24.4. The molecule has 3 N–H and O–H groups in total. The van der Waals surface area contributed by atoms with Gasteiger partial charge in [0, 0.05) is 56.5 Å². The number of hydrogen-bond acceptors (Lipinski definition) is 6. The van der Waals surface area contributed by atoms with Crippen LogP contribution in [-0.4, -0.2) is 92.2 Å². The molecule has 2 saturated heterocycles. The second kappa shape index (κ2) is 15.1. The summed E-state index contributed by atoms with van der Waals surface area (Å²) in [6.45, 7) is 11.4. The molecule has 5 rings (SSSR count). The summed E-state index contributed by atoms with van der Waals surface area (Å²) >= 11 is 0. The molecule has 3 aliphatic heterocycles. The number of ether oxygens (including phenoxy) is 1. The van der Waals surface area contributed by atoms with Crippen molar-refractivity contribution < 1.29 is 18.7 Å². The quantitative estimate of drug-likeness (QED) is 0.481. The second-order valence-electron chi connectivity index (χ2n) is 11.6. The van der Waals surface area contributed by atoms with Crippen LogP contribution in [0.3, 0.4) is 0 Å². The Kier molecular flexibility index (Phi) is 13.1. The molecule has 0 saturated carbocycles. The average Bonchev–Trinajstić information content (AvgIpc) is 3.21. The highest BCUT2D eigenvalue weighted by atomic mass is 35.5. The Morgan fingerprint density at radius 1 is 1.07 bits per heavy atom. The highest BCUT2D eigenvalue weighted by molar-refractivity contribution is 6.02. The third-order valence-corrected chi connectivity index (χ3v) is 8.60. The topological polar surface area (TPSA) is 91.1 Å². The molecule has 2 aromatic rings. The number of fused-ring (bicyclic) bond motifs is 1. The first kappa shape index (κ1) is 36.2. The van der Waals surface area contributed by atoms with Crippen molar-refractivity contribution in [3.8, 4) is 0 Å². The Bertz CT molecular complexity index is 1220. The lowest BCUT2D eigenvalue weighted by molar-refractivity contribution is -0.123. The maximum absolute atomic E-state index is 13.9. The number of benzene rings is 2. The summed E-state index contributed by atoms with van der Waals surface area (Å²) in [6, 6.07) is 13.1. The number of carbonyl (C=O) groups is 2. The highest BCUT2D eigenvalue weighted by Crippen LogP contribution is 2.41. The molecule has 2 aromatic carbocycles. The number of anilines is 1. The molecular weight excluding hydrogens is 604 g/mol. The molecule has 2 amide bonds. The first-order valence-corrected chi connectivity index (χ1v) is 13.9. The van der Waals surface area contributed by atoms with Crippen molar-refractivity contribution in [3.63, 3.8) is 0 Å². The summed E-state index contributed by atoms with van der Waals surface area (Å²) in [5, 5.41) is 3.58. The third-order valence-electron chi connectivity index (χ3n) is 8.60. The lowest BCUT2D eigenvalue weighted by atomic mass is 9.83. The summed E-state index contributed by atoms with van der Waals surface area (Å²) in [7, 11) is 0. The van der Waals surface area contributed by atoms with E-state index in [1.54, 1.807) is 17.0 Å². The van der Waals surface area contributed by atoms with Crippen molar-refractivity contribution in [2.24, 2.45) is 5.73 Å². The van der Waals surface area contributed by atoms with Gasteiger partial charge >= 0.3 is 0 Å². The van der Waals surface area contributed by atoms with E-state index in [0.29, 0.717) is 12.5 Å². The molecule has 0 radical (unpaired) electrons. The molecule has 234 valence electrons. The number of morpholine rings is 1. The summed E-state index contributed by atoms with van der Waals surface area (Å²) < 4.78 is 19.0. The van der Waals surface area contributed by atoms with Gasteiger partial charge in [0.2, 0.25) is 11.8 Å². The Balaban J connectivity index is 0.00000205. The SMILES string of the molecule is C[C@@H]1CN(CC(=O)N2CC(C)(C(N)=O)c3ccc(Cc4ccc(F)cc4)cc32)[C@@H](CN2CCOC[C@H]2C)CN1.Cl.Cl.Cl. The lowest BCUT2D eigenvalue weighted by Gasteiger charge is -2.43. The van der Waals surface area contributed by atoms with Gasteiger partial charge in [0.1, 0.15) is 5.82 Å². The van der Waals surface area contributed by atoms with Crippen molar-refractivity contribution in [3.05, 3.63) is 65.0 Å². The van der Waals surface area contributed by atoms with E-state index in [1.165, 1.54) is 12.1 Å². The van der Waals surface area contributed by atoms with Crippen LogP contribution in [0.25, 0.3) is 0 Å². The maximum Gasteiger partial charge on any atom is 0.241 e. The Morgan fingerprint density at radius 2 is 1.76 bits per heavy atom. The van der Waals surface area contributed by atoms with Gasteiger partial charge in [0.25, 0.3) is 0 Å². The van der Waals surface area contributed by atoms with E-state index in [2.05, 4.69) is 29.0 Å². The van der Waals surface area contributed by atoms with Crippen LogP contribution in [0, 0.1) is 5.82 Å². The van der Waals surface area contributed by atoms with E-state index in [1.807, 2.05) is 25.1 Å². The summed E-state index contributed by atoms with van der Waals surface area (Å²) in [6.07, 6.45) is 0.595. The van der Waals surface area contributed by atoms with E-state index in [-0.39, 0.29) is 74.1 Å². The maximum atomic E-state index is 13.9. The van der Waals surface area contributed by atoms with Crippen LogP contribution < -0.4 is 16.0 Å². The Labute approximate surface area is 266 Å². The fraction of sp³-hybridized carbons (Fsp3) is 0.533. The third kappa shape index (κ3) is 7.75. The predicted molar refractivity (Wildman–Crippen MR) is 171 cm³/mol. The fourth-order valence-corrected chi connectivity index (χ4v) is 6.10. The number of primary amides is 1. The number of rotatable bonds is 7. The largest absolute Gasteiger partial charge is 0.379 e. The molecule has 0 aliphatic carbocycles. The number of piperazine rings is 1. The molecular formula is C30H43Cl3FN5O3. The van der Waals surface area contributed by atoms with Crippen molar-refractivity contribution in [1.82, 2.24) is 15.1 Å². The Morgan fingerprint density at radius 3 is 2.43 bits per heavy atom. The molecule has 0 spiro atoms. The molecule has 12 heteroatoms. The molecule has 8 nitrogen and oxygen atoms in total. The van der Waals surface area contributed by atoms with Crippen LogP contribution in [0.5, 0.6) is 0 Å². The van der Waals surface area contributed by atoms with Gasteiger partial charge in [-0.2, -0.15) is 0 Å². The van der Waals surface area contributed by atoms with Crippen LogP contribution in [0.1, 0.15) is 37.5 Å². The summed E-state index contributed by atoms with van der Waals surface area (Å²) in [5.74, 6) is -0.750. The molecule has 42 heavy (non-hydrogen) atoms. The van der Waals surface area contributed by atoms with E-state index in [9.17, 15) is 14.0 Å². The van der Waals surface area contributed by atoms with Gasteiger partial charge in [-0.15, -0.1) is 37.2 Å². The van der Waals surface area contributed by atoms with E-state index in [0.717, 1.165) is 61.8 Å². The predicted octanol–water partition coefficient (Wildman–Crippen LogP) is 3.15. The van der Waals surface area contributed by atoms with E-state index < -0.39 is 11.3 Å². The van der Waals surface area contributed by atoms with Gasteiger partial charge in [-0.3, -0.25) is 19.4 Å². The second-order valence-corrected chi connectivity index (χ2v) is 11.6. The number of nitrogens with zero attached hydrogens (tertiary/aromatic N) is 3. The number of nitrogens with one attached hydrogen (secondary N) is 1. The minimum absolute atomic E-state index is 0. The number of hydrogen-bond donors (Lipinski definition) is 2. The van der Waals surface area contributed by atoms with Gasteiger partial charge in [-0.05, 0) is 62.1 Å². The van der Waals surface area contributed by atoms with E-state index >= 15 is 0 Å². The van der Waals surface area contributed by atoms with Gasteiger partial charge in [0.15, 0.2) is 0 Å².